The quantitative estimate of drug-likeness (QED) is 0.477. The molecule has 1 fully saturated rings. The highest BCUT2D eigenvalue weighted by molar-refractivity contribution is 4.71. The van der Waals surface area contributed by atoms with Crippen molar-refractivity contribution in [2.45, 2.75) is 20.3 Å². The maximum Gasteiger partial charge on any atom is 0.000419 e. The number of nitrogens with zero attached hydrogens (tertiary/aromatic N) is 1. The Morgan fingerprint density at radius 2 is 1.56 bits per heavy atom. The zero-order valence-electron chi connectivity index (χ0n) is 6.72. The van der Waals surface area contributed by atoms with E-state index in [1.165, 1.54) is 19.5 Å². The molecule has 54 valence electrons. The maximum absolute atomic E-state index is 2.43. The van der Waals surface area contributed by atoms with Gasteiger partial charge in [0.05, 0.1) is 0 Å². The second kappa shape index (κ2) is 2.70. The number of rotatable bonds is 0. The number of hydrogen-bond acceptors (Lipinski definition) is 1. The number of piperidine rings is 1. The van der Waals surface area contributed by atoms with Gasteiger partial charge in [-0.15, -0.1) is 0 Å². The maximum atomic E-state index is 2.43. The third-order valence-electron chi connectivity index (χ3n) is 2.05. The average Bonchev–Trinajstić information content (AvgIpc) is 1.59. The van der Waals surface area contributed by atoms with Gasteiger partial charge < -0.3 is 4.90 Å². The lowest BCUT2D eigenvalue weighted by molar-refractivity contribution is 0.171. The summed E-state index contributed by atoms with van der Waals surface area (Å²) in [5.41, 5.74) is 0. The molecule has 0 aromatic heterocycles. The second-order valence-electron chi connectivity index (χ2n) is 3.67. The molecule has 0 spiro atoms. The molecular weight excluding hydrogens is 110 g/mol. The first-order valence-corrected chi connectivity index (χ1v) is 3.87. The van der Waals surface area contributed by atoms with E-state index >= 15 is 0 Å². The minimum absolute atomic E-state index is 0.916. The third kappa shape index (κ3) is 1.98. The summed E-state index contributed by atoms with van der Waals surface area (Å²) in [4.78, 5) is 2.43. The van der Waals surface area contributed by atoms with Gasteiger partial charge in [-0.2, -0.15) is 0 Å². The highest BCUT2D eigenvalue weighted by atomic mass is 15.1. The highest BCUT2D eigenvalue weighted by Crippen LogP contribution is 2.18. The van der Waals surface area contributed by atoms with Crippen LogP contribution in [0.25, 0.3) is 0 Å². The van der Waals surface area contributed by atoms with E-state index < -0.39 is 0 Å². The molecule has 0 aromatic rings. The van der Waals surface area contributed by atoms with Crippen molar-refractivity contribution in [1.82, 2.24) is 4.90 Å². The van der Waals surface area contributed by atoms with Crippen molar-refractivity contribution in [3.05, 3.63) is 0 Å². The van der Waals surface area contributed by atoms with E-state index in [-0.39, 0.29) is 0 Å². The van der Waals surface area contributed by atoms with Gasteiger partial charge in [0.1, 0.15) is 0 Å². The molecule has 1 nitrogen and oxygen atoms in total. The van der Waals surface area contributed by atoms with Gasteiger partial charge in [-0.1, -0.05) is 13.8 Å². The lowest BCUT2D eigenvalue weighted by Crippen LogP contribution is -2.35. The Balaban J connectivity index is 2.34. The summed E-state index contributed by atoms with van der Waals surface area (Å²) >= 11 is 0. The fourth-order valence-electron chi connectivity index (χ4n) is 1.97. The first-order valence-electron chi connectivity index (χ1n) is 3.87. The molecule has 1 rings (SSSR count). The van der Waals surface area contributed by atoms with Crippen molar-refractivity contribution < 1.29 is 0 Å². The summed E-state index contributed by atoms with van der Waals surface area (Å²) in [6.45, 7) is 7.27. The fraction of sp³-hybridized carbons (Fsp3) is 1.00. The summed E-state index contributed by atoms with van der Waals surface area (Å²) in [5.74, 6) is 1.83. The molecule has 0 saturated carbocycles. The summed E-state index contributed by atoms with van der Waals surface area (Å²) in [5, 5.41) is 0. The summed E-state index contributed by atoms with van der Waals surface area (Å²) in [6, 6.07) is 0. The Bertz CT molecular complexity index is 65.5. The van der Waals surface area contributed by atoms with Gasteiger partial charge >= 0.3 is 0 Å². The van der Waals surface area contributed by atoms with Crippen LogP contribution in [0.4, 0.5) is 0 Å². The molecule has 2 atom stereocenters. The highest BCUT2D eigenvalue weighted by Gasteiger charge is 2.17. The molecule has 1 aliphatic heterocycles. The molecule has 1 heterocycles. The van der Waals surface area contributed by atoms with E-state index in [2.05, 4.69) is 25.8 Å². The Kier molecular flexibility index (Phi) is 2.12. The van der Waals surface area contributed by atoms with Crippen LogP contribution < -0.4 is 0 Å². The molecule has 0 radical (unpaired) electrons. The van der Waals surface area contributed by atoms with Gasteiger partial charge in [0, 0.05) is 13.1 Å². The monoisotopic (exact) mass is 127 g/mol. The van der Waals surface area contributed by atoms with Crippen LogP contribution >= 0.6 is 0 Å². The molecule has 0 aromatic carbocycles. The van der Waals surface area contributed by atoms with Crippen LogP contribution in [0.2, 0.25) is 0 Å². The van der Waals surface area contributed by atoms with Crippen molar-refractivity contribution in [2.24, 2.45) is 11.8 Å². The summed E-state index contributed by atoms with van der Waals surface area (Å²) in [7, 11) is 2.21. The smallest absolute Gasteiger partial charge is 0.000419 e. The Morgan fingerprint density at radius 3 is 1.89 bits per heavy atom. The minimum Gasteiger partial charge on any atom is -0.306 e. The van der Waals surface area contributed by atoms with Gasteiger partial charge in [0.25, 0.3) is 0 Å². The molecule has 0 N–H and O–H groups in total. The zero-order valence-corrected chi connectivity index (χ0v) is 6.72. The average molecular weight is 127 g/mol. The van der Waals surface area contributed by atoms with Crippen LogP contribution in [-0.2, 0) is 0 Å². The molecule has 0 amide bonds. The Hall–Kier alpha value is -0.0400. The van der Waals surface area contributed by atoms with E-state index in [0.717, 1.165) is 11.8 Å². The van der Waals surface area contributed by atoms with Gasteiger partial charge in [0.2, 0.25) is 0 Å². The van der Waals surface area contributed by atoms with Crippen LogP contribution in [0.5, 0.6) is 0 Å². The third-order valence-corrected chi connectivity index (χ3v) is 2.05. The second-order valence-corrected chi connectivity index (χ2v) is 3.67. The molecule has 1 aliphatic rings. The molecule has 9 heavy (non-hydrogen) atoms. The van der Waals surface area contributed by atoms with Crippen molar-refractivity contribution in [2.75, 3.05) is 20.1 Å². The SMILES string of the molecule is C[C@H]1C[C@H](C)CN(C)C1. The predicted octanol–water partition coefficient (Wildman–Crippen LogP) is 1.59. The minimum atomic E-state index is 0.916. The van der Waals surface area contributed by atoms with E-state index in [9.17, 15) is 0 Å². The lowest BCUT2D eigenvalue weighted by Gasteiger charge is -2.31. The molecule has 0 unspecified atom stereocenters. The van der Waals surface area contributed by atoms with E-state index in [4.69, 9.17) is 0 Å². The first-order chi connectivity index (χ1) is 4.18. The van der Waals surface area contributed by atoms with Crippen LogP contribution in [0, 0.1) is 11.8 Å². The predicted molar refractivity (Wildman–Crippen MR) is 40.4 cm³/mol. The van der Waals surface area contributed by atoms with E-state index in [1.807, 2.05) is 0 Å². The standard InChI is InChI=1S/C8H17N/c1-7-4-8(2)6-9(3)5-7/h7-8H,4-6H2,1-3H3/t7-,8-/m0/s1. The molecule has 0 bridgehead atoms. The Morgan fingerprint density at radius 1 is 1.11 bits per heavy atom. The molecule has 1 saturated heterocycles. The van der Waals surface area contributed by atoms with E-state index in [1.54, 1.807) is 0 Å². The normalized spacial score (nSPS) is 39.0. The van der Waals surface area contributed by atoms with Crippen molar-refractivity contribution in [3.63, 3.8) is 0 Å². The van der Waals surface area contributed by atoms with Crippen molar-refractivity contribution in [3.8, 4) is 0 Å². The first kappa shape index (κ1) is 7.07. The zero-order chi connectivity index (χ0) is 6.85. The molecule has 1 heteroatoms. The number of likely N-dealkylation sites (tertiary alicyclic amines) is 1. The van der Waals surface area contributed by atoms with Crippen LogP contribution in [0.1, 0.15) is 20.3 Å². The van der Waals surface area contributed by atoms with Crippen molar-refractivity contribution >= 4 is 0 Å². The van der Waals surface area contributed by atoms with Crippen LogP contribution in [0.15, 0.2) is 0 Å². The molecular formula is C8H17N. The molecule has 0 aliphatic carbocycles. The lowest BCUT2D eigenvalue weighted by atomic mass is 9.92. The largest absolute Gasteiger partial charge is 0.306 e. The topological polar surface area (TPSA) is 3.24 Å². The van der Waals surface area contributed by atoms with Gasteiger partial charge in [0.15, 0.2) is 0 Å². The summed E-state index contributed by atoms with van der Waals surface area (Å²) < 4.78 is 0. The number of hydrogen-bond donors (Lipinski definition) is 0. The van der Waals surface area contributed by atoms with Crippen molar-refractivity contribution in [1.29, 1.82) is 0 Å². The van der Waals surface area contributed by atoms with Crippen LogP contribution in [0.3, 0.4) is 0 Å². The van der Waals surface area contributed by atoms with Crippen LogP contribution in [-0.4, -0.2) is 25.0 Å². The van der Waals surface area contributed by atoms with Gasteiger partial charge in [-0.25, -0.2) is 0 Å². The summed E-state index contributed by atoms with van der Waals surface area (Å²) in [6.07, 6.45) is 1.42. The Labute approximate surface area is 58.0 Å². The van der Waals surface area contributed by atoms with Gasteiger partial charge in [-0.05, 0) is 25.3 Å². The fourth-order valence-corrected chi connectivity index (χ4v) is 1.97. The van der Waals surface area contributed by atoms with Gasteiger partial charge in [-0.3, -0.25) is 0 Å². The van der Waals surface area contributed by atoms with E-state index in [0.29, 0.717) is 0 Å².